The van der Waals surface area contributed by atoms with E-state index in [1.54, 1.807) is 39.1 Å². The first-order chi connectivity index (χ1) is 17.4. The molecule has 0 aliphatic carbocycles. The lowest BCUT2D eigenvalue weighted by molar-refractivity contribution is -0.160. The van der Waals surface area contributed by atoms with Crippen LogP contribution in [0.25, 0.3) is 0 Å². The van der Waals surface area contributed by atoms with Gasteiger partial charge in [0.05, 0.1) is 5.56 Å². The zero-order valence-electron chi connectivity index (χ0n) is 22.4. The third kappa shape index (κ3) is 14.9. The van der Waals surface area contributed by atoms with Crippen molar-refractivity contribution < 1.29 is 19.1 Å². The summed E-state index contributed by atoms with van der Waals surface area (Å²) < 4.78 is 11.0. The average Bonchev–Trinajstić information content (AvgIpc) is 2.86. The topological polar surface area (TPSA) is 65.5 Å². The van der Waals surface area contributed by atoms with Crippen LogP contribution in [0.3, 0.4) is 0 Å². The summed E-state index contributed by atoms with van der Waals surface area (Å²) in [6.45, 7) is 7.34. The third-order valence-corrected chi connectivity index (χ3v) is 5.45. The predicted molar refractivity (Wildman–Crippen MR) is 148 cm³/mol. The fourth-order valence-corrected chi connectivity index (χ4v) is 3.00. The van der Waals surface area contributed by atoms with Crippen LogP contribution < -0.4 is 0 Å². The Bertz CT molecular complexity index is 894. The quantitative estimate of drug-likeness (QED) is 0.125. The Morgan fingerprint density at radius 3 is 2.00 bits per heavy atom. The maximum atomic E-state index is 12.3. The minimum Gasteiger partial charge on any atom is -0.458 e. The smallest absolute Gasteiger partial charge is 0.340 e. The van der Waals surface area contributed by atoms with Crippen LogP contribution in [0.1, 0.15) is 89.4 Å². The Balaban J connectivity index is 2.15. The second-order valence-corrected chi connectivity index (χ2v) is 8.97. The van der Waals surface area contributed by atoms with Crippen molar-refractivity contribution in [1.29, 1.82) is 0 Å². The molecule has 36 heavy (non-hydrogen) atoms. The number of ether oxygens (including phenoxy) is 2. The van der Waals surface area contributed by atoms with Crippen molar-refractivity contribution in [3.05, 3.63) is 90.9 Å². The molecule has 0 aliphatic rings. The highest BCUT2D eigenvalue weighted by Gasteiger charge is 2.33. The molecule has 0 saturated heterocycles. The molecule has 1 aromatic rings. The van der Waals surface area contributed by atoms with Crippen molar-refractivity contribution in [1.82, 2.24) is 4.98 Å². The lowest BCUT2D eigenvalue weighted by Crippen LogP contribution is -2.41. The average molecular weight is 494 g/mol. The molecule has 0 bridgehead atoms. The molecule has 0 saturated carbocycles. The Kier molecular flexibility index (Phi) is 16.3. The van der Waals surface area contributed by atoms with Gasteiger partial charge in [0.1, 0.15) is 11.7 Å². The minimum atomic E-state index is -0.952. The van der Waals surface area contributed by atoms with E-state index in [-0.39, 0.29) is 5.97 Å². The largest absolute Gasteiger partial charge is 0.458 e. The normalized spacial score (nSPS) is 13.4. The molecule has 1 atom stereocenters. The Morgan fingerprint density at radius 2 is 1.47 bits per heavy atom. The molecule has 1 aromatic heterocycles. The second-order valence-electron chi connectivity index (χ2n) is 8.97. The van der Waals surface area contributed by atoms with Gasteiger partial charge in [-0.15, -0.1) is 0 Å². The monoisotopic (exact) mass is 493 g/mol. The van der Waals surface area contributed by atoms with Crippen molar-refractivity contribution in [2.75, 3.05) is 0 Å². The summed E-state index contributed by atoms with van der Waals surface area (Å²) in [6, 6.07) is 3.31. The first-order valence-corrected chi connectivity index (χ1v) is 12.9. The van der Waals surface area contributed by atoms with Gasteiger partial charge < -0.3 is 9.47 Å². The van der Waals surface area contributed by atoms with Gasteiger partial charge in [-0.2, -0.15) is 0 Å². The van der Waals surface area contributed by atoms with Crippen LogP contribution in [-0.2, 0) is 14.3 Å². The maximum absolute atomic E-state index is 12.3. The third-order valence-electron chi connectivity index (χ3n) is 5.45. The molecule has 0 radical (unpaired) electrons. The van der Waals surface area contributed by atoms with E-state index < -0.39 is 17.7 Å². The molecule has 0 spiro atoms. The second kappa shape index (κ2) is 19.0. The van der Waals surface area contributed by atoms with Gasteiger partial charge >= 0.3 is 11.9 Å². The molecule has 0 amide bonds. The summed E-state index contributed by atoms with van der Waals surface area (Å²) >= 11 is 0. The number of allylic oxidation sites excluding steroid dienone is 10. The molecule has 0 aromatic carbocycles. The van der Waals surface area contributed by atoms with Crippen molar-refractivity contribution in [3.8, 4) is 0 Å². The summed E-state index contributed by atoms with van der Waals surface area (Å²) in [5, 5.41) is 0. The van der Waals surface area contributed by atoms with Crippen molar-refractivity contribution in [2.45, 2.75) is 90.8 Å². The Morgan fingerprint density at radius 1 is 0.917 bits per heavy atom. The number of pyridine rings is 1. The molecule has 0 N–H and O–H groups in total. The lowest BCUT2D eigenvalue weighted by Gasteiger charge is -2.31. The van der Waals surface area contributed by atoms with Gasteiger partial charge in [0.2, 0.25) is 0 Å². The molecule has 1 heterocycles. The standard InChI is InChI=1S/C31H43NO4/c1-5-6-7-8-9-10-11-12-13-14-15-16-17-18-19-20-21-24-29(33)35-27(2)31(3,4)36-30(34)28-23-22-25-32-26-28/h6-7,9-10,12-13,15-16,18-19,22-23,25-27H,5,8,11,14,17,20-21,24H2,1-4H3. The van der Waals surface area contributed by atoms with Gasteiger partial charge in [0.25, 0.3) is 0 Å². The first kappa shape index (κ1) is 30.8. The van der Waals surface area contributed by atoms with E-state index in [0.717, 1.165) is 38.5 Å². The molecule has 196 valence electrons. The number of aromatic nitrogens is 1. The highest BCUT2D eigenvalue weighted by Crippen LogP contribution is 2.20. The summed E-state index contributed by atoms with van der Waals surface area (Å²) in [7, 11) is 0. The maximum Gasteiger partial charge on any atom is 0.340 e. The fourth-order valence-electron chi connectivity index (χ4n) is 3.00. The van der Waals surface area contributed by atoms with E-state index in [1.165, 1.54) is 6.20 Å². The van der Waals surface area contributed by atoms with E-state index in [4.69, 9.17) is 9.47 Å². The zero-order valence-corrected chi connectivity index (χ0v) is 22.4. The minimum absolute atomic E-state index is 0.291. The molecule has 5 nitrogen and oxygen atoms in total. The Hall–Kier alpha value is -3.21. The number of nitrogens with zero attached hydrogens (tertiary/aromatic N) is 1. The molecule has 0 fully saturated rings. The van der Waals surface area contributed by atoms with Crippen LogP contribution >= 0.6 is 0 Å². The van der Waals surface area contributed by atoms with Crippen LogP contribution in [0.15, 0.2) is 85.3 Å². The highest BCUT2D eigenvalue weighted by molar-refractivity contribution is 5.89. The molecule has 5 heteroatoms. The van der Waals surface area contributed by atoms with E-state index in [2.05, 4.69) is 72.7 Å². The number of carbonyl (C=O) groups excluding carboxylic acids is 2. The number of rotatable bonds is 17. The van der Waals surface area contributed by atoms with Gasteiger partial charge in [0, 0.05) is 18.8 Å². The van der Waals surface area contributed by atoms with E-state index in [9.17, 15) is 9.59 Å². The van der Waals surface area contributed by atoms with E-state index in [0.29, 0.717) is 18.4 Å². The zero-order chi connectivity index (χ0) is 26.5. The predicted octanol–water partition coefficient (Wildman–Crippen LogP) is 7.87. The lowest BCUT2D eigenvalue weighted by atomic mass is 10.0. The summed E-state index contributed by atoms with van der Waals surface area (Å²) in [4.78, 5) is 28.4. The first-order valence-electron chi connectivity index (χ1n) is 12.9. The van der Waals surface area contributed by atoms with Crippen LogP contribution in [0.5, 0.6) is 0 Å². The number of esters is 2. The van der Waals surface area contributed by atoms with Gasteiger partial charge in [-0.05, 0) is 77.8 Å². The van der Waals surface area contributed by atoms with Gasteiger partial charge in [0.15, 0.2) is 0 Å². The summed E-state index contributed by atoms with van der Waals surface area (Å²) in [5.41, 5.74) is -0.590. The van der Waals surface area contributed by atoms with Gasteiger partial charge in [-0.3, -0.25) is 9.78 Å². The SMILES string of the molecule is CCC=CCC=CCC=CCC=CCC=CCCCC(=O)OC(C)C(C)(C)OC(=O)c1cccnc1. The molecule has 1 rings (SSSR count). The van der Waals surface area contributed by atoms with E-state index >= 15 is 0 Å². The molecular formula is C31H43NO4. The van der Waals surface area contributed by atoms with Crippen molar-refractivity contribution in [2.24, 2.45) is 0 Å². The number of hydrogen-bond donors (Lipinski definition) is 0. The van der Waals surface area contributed by atoms with Gasteiger partial charge in [-0.25, -0.2) is 4.79 Å². The van der Waals surface area contributed by atoms with Crippen molar-refractivity contribution >= 4 is 11.9 Å². The fraction of sp³-hybridized carbons (Fsp3) is 0.452. The van der Waals surface area contributed by atoms with Crippen LogP contribution in [0.4, 0.5) is 0 Å². The van der Waals surface area contributed by atoms with Gasteiger partial charge in [-0.1, -0.05) is 67.7 Å². The van der Waals surface area contributed by atoms with Crippen molar-refractivity contribution in [3.63, 3.8) is 0 Å². The van der Waals surface area contributed by atoms with Crippen LogP contribution in [-0.4, -0.2) is 28.6 Å². The Labute approximate surface area is 217 Å². The number of carbonyl (C=O) groups is 2. The summed E-state index contributed by atoms with van der Waals surface area (Å²) in [5.74, 6) is -0.783. The molecule has 1 unspecified atom stereocenters. The number of hydrogen-bond acceptors (Lipinski definition) is 5. The summed E-state index contributed by atoms with van der Waals surface area (Å²) in [6.07, 6.45) is 30.9. The molecular weight excluding hydrogens is 450 g/mol. The highest BCUT2D eigenvalue weighted by atomic mass is 16.6. The van der Waals surface area contributed by atoms with Crippen LogP contribution in [0, 0.1) is 0 Å². The number of unbranched alkanes of at least 4 members (excludes halogenated alkanes) is 1. The van der Waals surface area contributed by atoms with E-state index in [1.807, 2.05) is 0 Å². The van der Waals surface area contributed by atoms with Crippen LogP contribution in [0.2, 0.25) is 0 Å². The molecule has 0 aliphatic heterocycles.